The molecule has 3 nitrogen and oxygen atoms in total. The molecular formula is C14H13FO3. The van der Waals surface area contributed by atoms with Gasteiger partial charge in [0, 0.05) is 7.11 Å². The second-order valence-electron chi connectivity index (χ2n) is 3.62. The maximum atomic E-state index is 12.9. The van der Waals surface area contributed by atoms with E-state index in [1.807, 2.05) is 12.1 Å². The van der Waals surface area contributed by atoms with Gasteiger partial charge >= 0.3 is 5.97 Å². The molecule has 0 heterocycles. The first-order chi connectivity index (χ1) is 8.80. The molecule has 0 N–H and O–H groups in total. The van der Waals surface area contributed by atoms with Crippen molar-refractivity contribution >= 4 is 0 Å². The SMILES string of the molecule is COC(OF)(Oc1ccccc1)c1ccccc1. The van der Waals surface area contributed by atoms with Gasteiger partial charge in [-0.15, -0.1) is 4.94 Å². The normalized spacial score (nSPS) is 13.9. The Morgan fingerprint density at radius 2 is 1.44 bits per heavy atom. The number of hydrogen-bond acceptors (Lipinski definition) is 3. The highest BCUT2D eigenvalue weighted by molar-refractivity contribution is 5.25. The van der Waals surface area contributed by atoms with Crippen molar-refractivity contribution in [3.8, 4) is 5.75 Å². The van der Waals surface area contributed by atoms with Gasteiger partial charge in [-0.1, -0.05) is 36.4 Å². The summed E-state index contributed by atoms with van der Waals surface area (Å²) in [7, 11) is 1.32. The minimum absolute atomic E-state index is 0.429. The maximum absolute atomic E-state index is 12.9. The number of halogens is 1. The fourth-order valence-corrected chi connectivity index (χ4v) is 1.60. The smallest absolute Gasteiger partial charge is 0.388 e. The highest BCUT2D eigenvalue weighted by atomic mass is 19.3. The lowest BCUT2D eigenvalue weighted by Gasteiger charge is -2.27. The van der Waals surface area contributed by atoms with Gasteiger partial charge < -0.3 is 9.47 Å². The summed E-state index contributed by atoms with van der Waals surface area (Å²) in [6, 6.07) is 17.4. The van der Waals surface area contributed by atoms with Crippen molar-refractivity contribution in [2.75, 3.05) is 7.11 Å². The summed E-state index contributed by atoms with van der Waals surface area (Å²) in [5, 5.41) is 0. The van der Waals surface area contributed by atoms with Crippen LogP contribution in [0.5, 0.6) is 5.75 Å². The van der Waals surface area contributed by atoms with Gasteiger partial charge in [0.05, 0.1) is 5.56 Å². The van der Waals surface area contributed by atoms with Crippen LogP contribution in [0.1, 0.15) is 5.56 Å². The first-order valence-electron chi connectivity index (χ1n) is 5.45. The lowest BCUT2D eigenvalue weighted by atomic mass is 10.2. The second kappa shape index (κ2) is 5.62. The molecule has 0 aliphatic heterocycles. The van der Waals surface area contributed by atoms with E-state index in [9.17, 15) is 4.53 Å². The summed E-state index contributed by atoms with van der Waals surface area (Å²) in [6.07, 6.45) is 0. The van der Waals surface area contributed by atoms with E-state index in [-0.39, 0.29) is 0 Å². The first-order valence-corrected chi connectivity index (χ1v) is 5.45. The van der Waals surface area contributed by atoms with Crippen molar-refractivity contribution in [3.05, 3.63) is 66.2 Å². The van der Waals surface area contributed by atoms with Crippen LogP contribution in [0.15, 0.2) is 60.7 Å². The van der Waals surface area contributed by atoms with Crippen molar-refractivity contribution < 1.29 is 18.9 Å². The third-order valence-corrected chi connectivity index (χ3v) is 2.49. The molecule has 0 saturated heterocycles. The quantitative estimate of drug-likeness (QED) is 0.759. The Bertz CT molecular complexity index is 469. The van der Waals surface area contributed by atoms with Crippen LogP contribution in [0.25, 0.3) is 0 Å². The second-order valence-corrected chi connectivity index (χ2v) is 3.62. The third-order valence-electron chi connectivity index (χ3n) is 2.49. The molecule has 0 aliphatic carbocycles. The summed E-state index contributed by atoms with van der Waals surface area (Å²) in [6.45, 7) is 0. The highest BCUT2D eigenvalue weighted by Gasteiger charge is 2.38. The van der Waals surface area contributed by atoms with Gasteiger partial charge in [-0.25, -0.2) is 0 Å². The molecule has 0 aromatic heterocycles. The standard InChI is InChI=1S/C14H13FO3/c1-16-14(18-15,12-8-4-2-5-9-12)17-13-10-6-3-7-11-13/h2-11H,1H3. The van der Waals surface area contributed by atoms with Crippen LogP contribution in [0, 0.1) is 0 Å². The Kier molecular flexibility index (Phi) is 3.92. The van der Waals surface area contributed by atoms with Crippen molar-refractivity contribution in [1.82, 2.24) is 0 Å². The zero-order valence-electron chi connectivity index (χ0n) is 9.88. The number of benzene rings is 2. The molecule has 94 valence electrons. The Balaban J connectivity index is 2.33. The van der Waals surface area contributed by atoms with Gasteiger partial charge in [-0.3, -0.25) is 0 Å². The third kappa shape index (κ3) is 2.50. The molecule has 0 bridgehead atoms. The fraction of sp³-hybridized carbons (Fsp3) is 0.143. The summed E-state index contributed by atoms with van der Waals surface area (Å²) in [5.41, 5.74) is 0.429. The van der Waals surface area contributed by atoms with Crippen molar-refractivity contribution in [2.45, 2.75) is 5.97 Å². The van der Waals surface area contributed by atoms with E-state index in [1.54, 1.807) is 48.5 Å². The van der Waals surface area contributed by atoms with E-state index >= 15 is 0 Å². The number of ether oxygens (including phenoxy) is 2. The zero-order chi connectivity index (χ0) is 12.8. The Morgan fingerprint density at radius 1 is 0.889 bits per heavy atom. The molecule has 0 amide bonds. The largest absolute Gasteiger partial charge is 0.434 e. The van der Waals surface area contributed by atoms with Crippen LogP contribution in [0.3, 0.4) is 0 Å². The predicted octanol–water partition coefficient (Wildman–Crippen LogP) is 3.42. The molecule has 2 aromatic carbocycles. The van der Waals surface area contributed by atoms with Gasteiger partial charge in [-0.2, -0.15) is 0 Å². The van der Waals surface area contributed by atoms with Crippen LogP contribution in [-0.4, -0.2) is 7.11 Å². The molecule has 2 aromatic rings. The van der Waals surface area contributed by atoms with Crippen LogP contribution >= 0.6 is 0 Å². The average Bonchev–Trinajstić information content (AvgIpc) is 2.47. The van der Waals surface area contributed by atoms with Gasteiger partial charge in [-0.05, 0) is 28.8 Å². The van der Waals surface area contributed by atoms with E-state index in [0.717, 1.165) is 0 Å². The monoisotopic (exact) mass is 248 g/mol. The summed E-state index contributed by atoms with van der Waals surface area (Å²) in [5.74, 6) is -1.44. The molecule has 0 spiro atoms. The average molecular weight is 248 g/mol. The summed E-state index contributed by atoms with van der Waals surface area (Å²) >= 11 is 0. The topological polar surface area (TPSA) is 27.7 Å². The van der Waals surface area contributed by atoms with E-state index in [1.165, 1.54) is 7.11 Å². The maximum Gasteiger partial charge on any atom is 0.388 e. The molecule has 0 aliphatic rings. The lowest BCUT2D eigenvalue weighted by Crippen LogP contribution is -2.36. The van der Waals surface area contributed by atoms with Crippen molar-refractivity contribution in [2.24, 2.45) is 0 Å². The minimum atomic E-state index is -1.89. The van der Waals surface area contributed by atoms with Gasteiger partial charge in [0.25, 0.3) is 0 Å². The first kappa shape index (κ1) is 12.5. The van der Waals surface area contributed by atoms with Crippen LogP contribution in [0.4, 0.5) is 4.53 Å². The molecule has 0 radical (unpaired) electrons. The molecule has 0 fully saturated rings. The Labute approximate surface area is 105 Å². The van der Waals surface area contributed by atoms with Crippen LogP contribution in [0.2, 0.25) is 0 Å². The van der Waals surface area contributed by atoms with Crippen LogP contribution < -0.4 is 4.74 Å². The Morgan fingerprint density at radius 3 is 1.94 bits per heavy atom. The predicted molar refractivity (Wildman–Crippen MR) is 64.4 cm³/mol. The molecule has 1 atom stereocenters. The molecule has 2 rings (SSSR count). The van der Waals surface area contributed by atoms with Crippen LogP contribution in [-0.2, 0) is 15.7 Å². The number of hydrogen-bond donors (Lipinski definition) is 0. The number of rotatable bonds is 5. The zero-order valence-corrected chi connectivity index (χ0v) is 9.88. The molecule has 4 heteroatoms. The number of para-hydroxylation sites is 1. The molecule has 18 heavy (non-hydrogen) atoms. The van der Waals surface area contributed by atoms with Crippen molar-refractivity contribution in [1.29, 1.82) is 0 Å². The number of methoxy groups -OCH3 is 1. The fourth-order valence-electron chi connectivity index (χ4n) is 1.60. The molecule has 0 saturated carbocycles. The van der Waals surface area contributed by atoms with Crippen molar-refractivity contribution in [3.63, 3.8) is 0 Å². The van der Waals surface area contributed by atoms with E-state index in [0.29, 0.717) is 11.3 Å². The summed E-state index contributed by atoms with van der Waals surface area (Å²) in [4.78, 5) is 3.93. The summed E-state index contributed by atoms with van der Waals surface area (Å²) < 4.78 is 23.5. The van der Waals surface area contributed by atoms with E-state index < -0.39 is 5.97 Å². The van der Waals surface area contributed by atoms with Gasteiger partial charge in [0.2, 0.25) is 0 Å². The lowest BCUT2D eigenvalue weighted by molar-refractivity contribution is -0.429. The highest BCUT2D eigenvalue weighted by Crippen LogP contribution is 2.30. The van der Waals surface area contributed by atoms with E-state index in [4.69, 9.17) is 9.47 Å². The molecular weight excluding hydrogens is 235 g/mol. The Hall–Kier alpha value is -1.91. The van der Waals surface area contributed by atoms with Gasteiger partial charge in [0.15, 0.2) is 0 Å². The van der Waals surface area contributed by atoms with E-state index in [2.05, 4.69) is 4.94 Å². The molecule has 1 unspecified atom stereocenters. The minimum Gasteiger partial charge on any atom is -0.434 e. The van der Waals surface area contributed by atoms with Gasteiger partial charge in [0.1, 0.15) is 5.75 Å².